The van der Waals surface area contributed by atoms with Crippen LogP contribution in [0.25, 0.3) is 0 Å². The maximum absolute atomic E-state index is 12.2. The SMILES string of the molecule is CC(N)C(C)C(=O)NC(c1ccccc1)c1ccco1. The minimum atomic E-state index is -0.292. The number of carbonyl (C=O) groups excluding carboxylic acids is 1. The van der Waals surface area contributed by atoms with Gasteiger partial charge in [-0.2, -0.15) is 0 Å². The van der Waals surface area contributed by atoms with Crippen LogP contribution in [0.4, 0.5) is 0 Å². The van der Waals surface area contributed by atoms with E-state index in [2.05, 4.69) is 5.32 Å². The van der Waals surface area contributed by atoms with Gasteiger partial charge in [0.25, 0.3) is 0 Å². The predicted octanol–water partition coefficient (Wildman–Crippen LogP) is 2.47. The van der Waals surface area contributed by atoms with Gasteiger partial charge in [-0.15, -0.1) is 0 Å². The highest BCUT2D eigenvalue weighted by molar-refractivity contribution is 5.79. The number of benzene rings is 1. The first-order chi connectivity index (χ1) is 9.59. The van der Waals surface area contributed by atoms with Crippen molar-refractivity contribution in [2.75, 3.05) is 0 Å². The lowest BCUT2D eigenvalue weighted by Gasteiger charge is -2.21. The topological polar surface area (TPSA) is 68.3 Å². The van der Waals surface area contributed by atoms with Crippen molar-refractivity contribution in [2.45, 2.75) is 25.9 Å². The highest BCUT2D eigenvalue weighted by Crippen LogP contribution is 2.22. The quantitative estimate of drug-likeness (QED) is 0.878. The van der Waals surface area contributed by atoms with Gasteiger partial charge in [0.05, 0.1) is 6.26 Å². The van der Waals surface area contributed by atoms with Crippen LogP contribution in [0.2, 0.25) is 0 Å². The summed E-state index contributed by atoms with van der Waals surface area (Å²) in [5, 5.41) is 3.00. The van der Waals surface area contributed by atoms with E-state index in [1.807, 2.05) is 56.3 Å². The van der Waals surface area contributed by atoms with Crippen LogP contribution in [-0.2, 0) is 4.79 Å². The second-order valence-electron chi connectivity index (χ2n) is 5.02. The van der Waals surface area contributed by atoms with Crippen LogP contribution in [0, 0.1) is 5.92 Å². The van der Waals surface area contributed by atoms with Crippen LogP contribution in [0.3, 0.4) is 0 Å². The maximum atomic E-state index is 12.2. The van der Waals surface area contributed by atoms with Gasteiger partial charge < -0.3 is 15.5 Å². The molecule has 3 atom stereocenters. The predicted molar refractivity (Wildman–Crippen MR) is 77.9 cm³/mol. The molecule has 0 aliphatic heterocycles. The van der Waals surface area contributed by atoms with Crippen LogP contribution in [0.5, 0.6) is 0 Å². The summed E-state index contributed by atoms with van der Waals surface area (Å²) in [6, 6.07) is 12.9. The zero-order valence-electron chi connectivity index (χ0n) is 11.7. The molecule has 1 amide bonds. The monoisotopic (exact) mass is 272 g/mol. The summed E-state index contributed by atoms with van der Waals surface area (Å²) >= 11 is 0. The standard InChI is InChI=1S/C16H20N2O2/c1-11(12(2)17)16(19)18-15(14-9-6-10-20-14)13-7-4-3-5-8-13/h3-12,15H,17H2,1-2H3,(H,18,19). The lowest BCUT2D eigenvalue weighted by atomic mass is 10.0. The van der Waals surface area contributed by atoms with Crippen molar-refractivity contribution >= 4 is 5.91 Å². The maximum Gasteiger partial charge on any atom is 0.225 e. The molecule has 0 spiro atoms. The molecule has 1 heterocycles. The Balaban J connectivity index is 2.23. The molecule has 2 rings (SSSR count). The van der Waals surface area contributed by atoms with E-state index >= 15 is 0 Å². The van der Waals surface area contributed by atoms with E-state index in [4.69, 9.17) is 10.2 Å². The number of furan rings is 1. The van der Waals surface area contributed by atoms with E-state index in [1.165, 1.54) is 0 Å². The van der Waals surface area contributed by atoms with Crippen molar-refractivity contribution in [1.29, 1.82) is 0 Å². The molecule has 0 saturated carbocycles. The number of hydrogen-bond acceptors (Lipinski definition) is 3. The van der Waals surface area contributed by atoms with E-state index in [1.54, 1.807) is 6.26 Å². The summed E-state index contributed by atoms with van der Waals surface area (Å²) in [4.78, 5) is 12.2. The molecular formula is C16H20N2O2. The number of nitrogens with two attached hydrogens (primary N) is 1. The van der Waals surface area contributed by atoms with Crippen molar-refractivity contribution < 1.29 is 9.21 Å². The Labute approximate surface area is 119 Å². The van der Waals surface area contributed by atoms with Gasteiger partial charge >= 0.3 is 0 Å². The molecule has 0 aliphatic carbocycles. The molecule has 0 fully saturated rings. The minimum absolute atomic E-state index is 0.0785. The molecule has 2 aromatic rings. The second-order valence-corrected chi connectivity index (χ2v) is 5.02. The number of carbonyl (C=O) groups is 1. The molecule has 3 unspecified atom stereocenters. The Hall–Kier alpha value is -2.07. The average Bonchev–Trinajstić information content (AvgIpc) is 2.98. The highest BCUT2D eigenvalue weighted by Gasteiger charge is 2.23. The first-order valence-corrected chi connectivity index (χ1v) is 6.74. The third-order valence-electron chi connectivity index (χ3n) is 3.45. The van der Waals surface area contributed by atoms with Gasteiger partial charge in [0.2, 0.25) is 5.91 Å². The number of amides is 1. The summed E-state index contributed by atoms with van der Waals surface area (Å²) in [6.07, 6.45) is 1.60. The fourth-order valence-corrected chi connectivity index (χ4v) is 1.93. The van der Waals surface area contributed by atoms with Crippen molar-refractivity contribution in [1.82, 2.24) is 5.32 Å². The molecular weight excluding hydrogens is 252 g/mol. The third-order valence-corrected chi connectivity index (χ3v) is 3.45. The van der Waals surface area contributed by atoms with Gasteiger partial charge in [0.15, 0.2) is 0 Å². The Kier molecular flexibility index (Phi) is 4.58. The molecule has 0 bridgehead atoms. The van der Waals surface area contributed by atoms with E-state index in [-0.39, 0.29) is 23.9 Å². The second kappa shape index (κ2) is 6.39. The number of rotatable bonds is 5. The van der Waals surface area contributed by atoms with Crippen molar-refractivity contribution in [2.24, 2.45) is 11.7 Å². The molecule has 106 valence electrons. The minimum Gasteiger partial charge on any atom is -0.467 e. The van der Waals surface area contributed by atoms with Crippen LogP contribution in [0.1, 0.15) is 31.2 Å². The van der Waals surface area contributed by atoms with Crippen molar-refractivity contribution in [3.8, 4) is 0 Å². The first kappa shape index (κ1) is 14.3. The highest BCUT2D eigenvalue weighted by atomic mass is 16.3. The molecule has 1 aromatic carbocycles. The zero-order valence-corrected chi connectivity index (χ0v) is 11.7. The van der Waals surface area contributed by atoms with Gasteiger partial charge in [-0.3, -0.25) is 4.79 Å². The lowest BCUT2D eigenvalue weighted by molar-refractivity contribution is -0.125. The van der Waals surface area contributed by atoms with E-state index < -0.39 is 0 Å². The Morgan fingerprint density at radius 3 is 2.40 bits per heavy atom. The van der Waals surface area contributed by atoms with Crippen LogP contribution in [0.15, 0.2) is 53.1 Å². The third kappa shape index (κ3) is 3.27. The van der Waals surface area contributed by atoms with E-state index in [9.17, 15) is 4.79 Å². The molecule has 4 heteroatoms. The molecule has 0 aliphatic rings. The van der Waals surface area contributed by atoms with Crippen LogP contribution < -0.4 is 11.1 Å². The van der Waals surface area contributed by atoms with Gasteiger partial charge in [-0.1, -0.05) is 37.3 Å². The molecule has 0 saturated heterocycles. The summed E-state index contributed by atoms with van der Waals surface area (Å²) < 4.78 is 5.45. The van der Waals surface area contributed by atoms with Crippen molar-refractivity contribution in [3.05, 3.63) is 60.1 Å². The summed E-state index contributed by atoms with van der Waals surface area (Å²) in [7, 11) is 0. The summed E-state index contributed by atoms with van der Waals surface area (Å²) in [5.74, 6) is 0.378. The molecule has 3 N–H and O–H groups in total. The zero-order chi connectivity index (χ0) is 14.5. The fourth-order valence-electron chi connectivity index (χ4n) is 1.93. The fraction of sp³-hybridized carbons (Fsp3) is 0.312. The van der Waals surface area contributed by atoms with E-state index in [0.29, 0.717) is 5.76 Å². The molecule has 4 nitrogen and oxygen atoms in total. The van der Waals surface area contributed by atoms with Gasteiger partial charge in [-0.25, -0.2) is 0 Å². The smallest absolute Gasteiger partial charge is 0.225 e. The number of hydrogen-bond donors (Lipinski definition) is 2. The Bertz CT molecular complexity index is 535. The summed E-state index contributed by atoms with van der Waals surface area (Å²) in [6.45, 7) is 3.65. The molecule has 20 heavy (non-hydrogen) atoms. The van der Waals surface area contributed by atoms with Crippen molar-refractivity contribution in [3.63, 3.8) is 0 Å². The van der Waals surface area contributed by atoms with E-state index in [0.717, 1.165) is 5.56 Å². The van der Waals surface area contributed by atoms with Crippen LogP contribution in [-0.4, -0.2) is 11.9 Å². The van der Waals surface area contributed by atoms with Crippen LogP contribution >= 0.6 is 0 Å². The normalized spacial score (nSPS) is 15.3. The average molecular weight is 272 g/mol. The van der Waals surface area contributed by atoms with Gasteiger partial charge in [0, 0.05) is 12.0 Å². The molecule has 1 aromatic heterocycles. The molecule has 0 radical (unpaired) electrons. The lowest BCUT2D eigenvalue weighted by Crippen LogP contribution is -2.40. The summed E-state index contributed by atoms with van der Waals surface area (Å²) in [5.41, 5.74) is 6.76. The van der Waals surface area contributed by atoms with Gasteiger partial charge in [0.1, 0.15) is 11.8 Å². The first-order valence-electron chi connectivity index (χ1n) is 6.74. The Morgan fingerprint density at radius 1 is 1.15 bits per heavy atom. The number of nitrogens with one attached hydrogen (secondary N) is 1. The Morgan fingerprint density at radius 2 is 1.85 bits per heavy atom. The largest absolute Gasteiger partial charge is 0.467 e. The van der Waals surface area contributed by atoms with Gasteiger partial charge in [-0.05, 0) is 24.6 Å².